The second-order valence-electron chi connectivity index (χ2n) is 3.54. The third-order valence-corrected chi connectivity index (χ3v) is 1.94. The van der Waals surface area contributed by atoms with E-state index in [-0.39, 0.29) is 0 Å². The second-order valence-corrected chi connectivity index (χ2v) is 3.54. The van der Waals surface area contributed by atoms with Crippen molar-refractivity contribution in [1.29, 1.82) is 0 Å². The van der Waals surface area contributed by atoms with E-state index in [0.29, 0.717) is 0 Å². The van der Waals surface area contributed by atoms with Crippen LogP contribution in [0.3, 0.4) is 0 Å². The van der Waals surface area contributed by atoms with Gasteiger partial charge in [0.1, 0.15) is 5.76 Å². The average Bonchev–Trinajstić information content (AvgIpc) is 2.19. The molecule has 0 N–H and O–H groups in total. The predicted molar refractivity (Wildman–Crippen MR) is 61.0 cm³/mol. The van der Waals surface area contributed by atoms with Crippen LogP contribution in [0.15, 0.2) is 35.9 Å². The monoisotopic (exact) mass is 190 g/mol. The van der Waals surface area contributed by atoms with Crippen molar-refractivity contribution in [2.45, 2.75) is 27.2 Å². The van der Waals surface area contributed by atoms with Gasteiger partial charge in [-0.25, -0.2) is 0 Å². The van der Waals surface area contributed by atoms with E-state index in [1.807, 2.05) is 18.2 Å². The fraction of sp³-hybridized carbons (Fsp3) is 0.385. The molecule has 1 nitrogen and oxygen atoms in total. The molecule has 0 aliphatic rings. The molecule has 14 heavy (non-hydrogen) atoms. The maximum absolute atomic E-state index is 5.72. The van der Waals surface area contributed by atoms with Gasteiger partial charge in [0.2, 0.25) is 0 Å². The Morgan fingerprint density at radius 3 is 2.29 bits per heavy atom. The summed E-state index contributed by atoms with van der Waals surface area (Å²) in [5.41, 5.74) is 2.39. The summed E-state index contributed by atoms with van der Waals surface area (Å²) in [6.07, 6.45) is 1.05. The molecule has 0 aliphatic carbocycles. The lowest BCUT2D eigenvalue weighted by molar-refractivity contribution is 0.275. The minimum Gasteiger partial charge on any atom is -0.493 e. The van der Waals surface area contributed by atoms with Gasteiger partial charge in [-0.3, -0.25) is 0 Å². The van der Waals surface area contributed by atoms with Crippen molar-refractivity contribution >= 4 is 5.76 Å². The molecule has 1 aromatic carbocycles. The summed E-state index contributed by atoms with van der Waals surface area (Å²) < 4.78 is 5.72. The Bertz CT molecular complexity index is 294. The smallest absolute Gasteiger partial charge is 0.125 e. The van der Waals surface area contributed by atoms with E-state index in [9.17, 15) is 0 Å². The summed E-state index contributed by atoms with van der Waals surface area (Å²) in [6, 6.07) is 10.3. The van der Waals surface area contributed by atoms with E-state index in [1.165, 1.54) is 11.1 Å². The molecule has 0 fully saturated rings. The first-order valence-electron chi connectivity index (χ1n) is 5.11. The number of hydrogen-bond donors (Lipinski definition) is 0. The Kier molecular flexibility index (Phi) is 4.24. The molecule has 0 aromatic heterocycles. The number of hydrogen-bond acceptors (Lipinski definition) is 1. The van der Waals surface area contributed by atoms with Gasteiger partial charge in [-0.1, -0.05) is 37.3 Å². The molecular weight excluding hydrogens is 172 g/mol. The van der Waals surface area contributed by atoms with E-state index in [4.69, 9.17) is 4.74 Å². The molecule has 0 heterocycles. The Balaban J connectivity index is 2.86. The summed E-state index contributed by atoms with van der Waals surface area (Å²) in [6.45, 7) is 7.07. The molecule has 0 radical (unpaired) electrons. The van der Waals surface area contributed by atoms with Crippen molar-refractivity contribution in [2.75, 3.05) is 6.61 Å². The van der Waals surface area contributed by atoms with E-state index in [1.54, 1.807) is 0 Å². The largest absolute Gasteiger partial charge is 0.493 e. The van der Waals surface area contributed by atoms with Gasteiger partial charge in [-0.15, -0.1) is 0 Å². The molecule has 0 bridgehead atoms. The minimum absolute atomic E-state index is 0.787. The van der Waals surface area contributed by atoms with Crippen LogP contribution in [0, 0.1) is 0 Å². The summed E-state index contributed by atoms with van der Waals surface area (Å²) in [4.78, 5) is 0. The first-order chi connectivity index (χ1) is 6.75. The number of rotatable bonds is 4. The lowest BCUT2D eigenvalue weighted by atomic mass is 10.1. The van der Waals surface area contributed by atoms with Crippen molar-refractivity contribution in [3.05, 3.63) is 41.5 Å². The lowest BCUT2D eigenvalue weighted by Gasteiger charge is -2.11. The highest BCUT2D eigenvalue weighted by molar-refractivity contribution is 5.62. The molecule has 0 saturated heterocycles. The van der Waals surface area contributed by atoms with Crippen molar-refractivity contribution in [3.8, 4) is 0 Å². The zero-order valence-electron chi connectivity index (χ0n) is 9.21. The average molecular weight is 190 g/mol. The van der Waals surface area contributed by atoms with Crippen LogP contribution in [-0.2, 0) is 4.74 Å². The van der Waals surface area contributed by atoms with Gasteiger partial charge < -0.3 is 4.74 Å². The molecule has 1 aromatic rings. The summed E-state index contributed by atoms with van der Waals surface area (Å²) in [7, 11) is 0. The molecule has 0 unspecified atom stereocenters. The maximum Gasteiger partial charge on any atom is 0.125 e. The van der Waals surface area contributed by atoms with Crippen molar-refractivity contribution < 1.29 is 4.74 Å². The van der Waals surface area contributed by atoms with Crippen LogP contribution in [-0.4, -0.2) is 6.61 Å². The van der Waals surface area contributed by atoms with Crippen LogP contribution in [0.1, 0.15) is 32.8 Å². The highest BCUT2D eigenvalue weighted by atomic mass is 16.5. The third kappa shape index (κ3) is 2.91. The van der Waals surface area contributed by atoms with Gasteiger partial charge in [0, 0.05) is 5.56 Å². The van der Waals surface area contributed by atoms with Gasteiger partial charge in [-0.05, 0) is 25.8 Å². The first kappa shape index (κ1) is 10.8. The second kappa shape index (κ2) is 5.48. The molecular formula is C13H18O. The van der Waals surface area contributed by atoms with Crippen molar-refractivity contribution in [2.24, 2.45) is 0 Å². The fourth-order valence-corrected chi connectivity index (χ4v) is 1.31. The van der Waals surface area contributed by atoms with Gasteiger partial charge in [0.05, 0.1) is 6.61 Å². The molecule has 0 aliphatic heterocycles. The van der Waals surface area contributed by atoms with Crippen LogP contribution in [0.2, 0.25) is 0 Å². The Hall–Kier alpha value is -1.24. The van der Waals surface area contributed by atoms with Gasteiger partial charge >= 0.3 is 0 Å². The van der Waals surface area contributed by atoms with Crippen LogP contribution in [0.4, 0.5) is 0 Å². The Morgan fingerprint density at radius 2 is 1.79 bits per heavy atom. The van der Waals surface area contributed by atoms with E-state index >= 15 is 0 Å². The number of allylic oxidation sites excluding steroid dienone is 1. The molecule has 1 rings (SSSR count). The SMILES string of the molecule is CCCOC(=C(C)C)c1ccccc1. The normalized spacial score (nSPS) is 9.64. The minimum atomic E-state index is 0.787. The van der Waals surface area contributed by atoms with Crippen LogP contribution < -0.4 is 0 Å². The summed E-state index contributed by atoms with van der Waals surface area (Å²) in [5, 5.41) is 0. The molecule has 0 saturated carbocycles. The highest BCUT2D eigenvalue weighted by Crippen LogP contribution is 2.19. The zero-order chi connectivity index (χ0) is 10.4. The summed E-state index contributed by atoms with van der Waals surface area (Å²) >= 11 is 0. The van der Waals surface area contributed by atoms with E-state index in [0.717, 1.165) is 18.8 Å². The molecule has 1 heteroatoms. The summed E-state index contributed by atoms with van der Waals surface area (Å²) in [5.74, 6) is 1.02. The van der Waals surface area contributed by atoms with Crippen LogP contribution in [0.5, 0.6) is 0 Å². The van der Waals surface area contributed by atoms with E-state index < -0.39 is 0 Å². The van der Waals surface area contributed by atoms with Gasteiger partial charge in [-0.2, -0.15) is 0 Å². The van der Waals surface area contributed by atoms with E-state index in [2.05, 4.69) is 32.9 Å². The quantitative estimate of drug-likeness (QED) is 0.655. The molecule has 0 amide bonds. The van der Waals surface area contributed by atoms with Crippen molar-refractivity contribution in [3.63, 3.8) is 0 Å². The zero-order valence-corrected chi connectivity index (χ0v) is 9.21. The third-order valence-electron chi connectivity index (χ3n) is 1.94. The number of ether oxygens (including phenoxy) is 1. The van der Waals surface area contributed by atoms with Gasteiger partial charge in [0.15, 0.2) is 0 Å². The maximum atomic E-state index is 5.72. The Labute approximate surface area is 86.4 Å². The lowest BCUT2D eigenvalue weighted by Crippen LogP contribution is -1.95. The molecule has 0 atom stereocenters. The number of benzene rings is 1. The van der Waals surface area contributed by atoms with Crippen LogP contribution >= 0.6 is 0 Å². The van der Waals surface area contributed by atoms with Gasteiger partial charge in [0.25, 0.3) is 0 Å². The topological polar surface area (TPSA) is 9.23 Å². The predicted octanol–water partition coefficient (Wildman–Crippen LogP) is 3.86. The highest BCUT2D eigenvalue weighted by Gasteiger charge is 2.03. The molecule has 0 spiro atoms. The van der Waals surface area contributed by atoms with Crippen molar-refractivity contribution in [1.82, 2.24) is 0 Å². The first-order valence-corrected chi connectivity index (χ1v) is 5.11. The van der Waals surface area contributed by atoms with Crippen LogP contribution in [0.25, 0.3) is 5.76 Å². The Morgan fingerprint density at radius 1 is 1.14 bits per heavy atom. The fourth-order valence-electron chi connectivity index (χ4n) is 1.31. The molecule has 76 valence electrons. The standard InChI is InChI=1S/C13H18O/c1-4-10-14-13(11(2)3)12-8-6-5-7-9-12/h5-9H,4,10H2,1-3H3.